The van der Waals surface area contributed by atoms with Gasteiger partial charge in [-0.3, -0.25) is 9.69 Å². The lowest BCUT2D eigenvalue weighted by atomic mass is 10.1. The number of carbonyl (C=O) groups excluding carboxylic acids is 1. The van der Waals surface area contributed by atoms with Gasteiger partial charge in [0.2, 0.25) is 0 Å². The molecule has 0 saturated heterocycles. The maximum absolute atomic E-state index is 12.7. The number of hydrogen-bond acceptors (Lipinski definition) is 7. The van der Waals surface area contributed by atoms with Crippen LogP contribution in [0.25, 0.3) is 10.9 Å². The summed E-state index contributed by atoms with van der Waals surface area (Å²) in [6.07, 6.45) is 0. The Balaban J connectivity index is 1.67. The molecule has 0 aliphatic heterocycles. The SMILES string of the molecule is COC(=O)c1ccc2c(=O)[nH]c(CN(Cc3cccs3)Cc3ccccc3OC)nc2c1. The molecule has 2 aromatic heterocycles. The van der Waals surface area contributed by atoms with E-state index in [4.69, 9.17) is 9.47 Å². The summed E-state index contributed by atoms with van der Waals surface area (Å²) in [6.45, 7) is 1.73. The van der Waals surface area contributed by atoms with E-state index in [1.165, 1.54) is 12.0 Å². The van der Waals surface area contributed by atoms with E-state index in [9.17, 15) is 9.59 Å². The number of ether oxygens (including phenoxy) is 2. The van der Waals surface area contributed by atoms with Gasteiger partial charge in [-0.05, 0) is 35.7 Å². The number of nitrogens with zero attached hydrogens (tertiary/aromatic N) is 2. The lowest BCUT2D eigenvalue weighted by Crippen LogP contribution is -2.25. The van der Waals surface area contributed by atoms with E-state index in [2.05, 4.69) is 20.9 Å². The number of carbonyl (C=O) groups is 1. The number of esters is 1. The number of aromatic amines is 1. The van der Waals surface area contributed by atoms with E-state index in [1.54, 1.807) is 36.6 Å². The summed E-state index contributed by atoms with van der Waals surface area (Å²) in [5, 5.41) is 2.47. The van der Waals surface area contributed by atoms with Crippen LogP contribution in [0.4, 0.5) is 0 Å². The van der Waals surface area contributed by atoms with Crippen LogP contribution in [0.5, 0.6) is 5.75 Å². The summed E-state index contributed by atoms with van der Waals surface area (Å²) in [5.74, 6) is 0.869. The number of fused-ring (bicyclic) bond motifs is 1. The van der Waals surface area contributed by atoms with Crippen molar-refractivity contribution in [2.75, 3.05) is 14.2 Å². The Morgan fingerprint density at radius 3 is 2.66 bits per heavy atom. The molecular weight excluding hydrogens is 426 g/mol. The monoisotopic (exact) mass is 449 g/mol. The third-order valence-electron chi connectivity index (χ3n) is 5.10. The number of thiophene rings is 1. The smallest absolute Gasteiger partial charge is 0.337 e. The van der Waals surface area contributed by atoms with Crippen LogP contribution in [0, 0.1) is 0 Å². The quantitative estimate of drug-likeness (QED) is 0.410. The average Bonchev–Trinajstić information content (AvgIpc) is 3.31. The minimum Gasteiger partial charge on any atom is -0.496 e. The van der Waals surface area contributed by atoms with Crippen molar-refractivity contribution in [3.63, 3.8) is 0 Å². The van der Waals surface area contributed by atoms with Gasteiger partial charge in [-0.2, -0.15) is 0 Å². The van der Waals surface area contributed by atoms with Crippen LogP contribution in [0.3, 0.4) is 0 Å². The van der Waals surface area contributed by atoms with Crippen LogP contribution >= 0.6 is 11.3 Å². The molecule has 2 heterocycles. The maximum Gasteiger partial charge on any atom is 0.337 e. The number of aromatic nitrogens is 2. The second-order valence-electron chi connectivity index (χ2n) is 7.27. The number of benzene rings is 2. The van der Waals surface area contributed by atoms with Gasteiger partial charge in [0.05, 0.1) is 37.2 Å². The van der Waals surface area contributed by atoms with E-state index in [-0.39, 0.29) is 5.56 Å². The van der Waals surface area contributed by atoms with E-state index in [0.717, 1.165) is 11.3 Å². The topological polar surface area (TPSA) is 84.5 Å². The number of nitrogens with one attached hydrogen (secondary N) is 1. The van der Waals surface area contributed by atoms with E-state index < -0.39 is 5.97 Å². The Kier molecular flexibility index (Phi) is 6.63. The first kappa shape index (κ1) is 21.7. The van der Waals surface area contributed by atoms with Crippen molar-refractivity contribution < 1.29 is 14.3 Å². The van der Waals surface area contributed by atoms with E-state index in [1.807, 2.05) is 35.7 Å². The third kappa shape index (κ3) is 4.87. The molecule has 4 aromatic rings. The molecule has 32 heavy (non-hydrogen) atoms. The normalized spacial score (nSPS) is 11.1. The summed E-state index contributed by atoms with van der Waals surface area (Å²) in [6, 6.07) is 16.7. The Labute approximate surface area is 189 Å². The van der Waals surface area contributed by atoms with Crippen LogP contribution < -0.4 is 10.3 Å². The number of para-hydroxylation sites is 1. The molecule has 4 rings (SSSR count). The first-order valence-electron chi connectivity index (χ1n) is 10.1. The Bertz CT molecular complexity index is 1280. The molecule has 0 atom stereocenters. The molecule has 0 saturated carbocycles. The molecule has 1 N–H and O–H groups in total. The van der Waals surface area contributed by atoms with Crippen LogP contribution in [-0.2, 0) is 24.4 Å². The third-order valence-corrected chi connectivity index (χ3v) is 5.96. The van der Waals surface area contributed by atoms with Gasteiger partial charge in [-0.15, -0.1) is 11.3 Å². The Hall–Kier alpha value is -3.49. The molecular formula is C24H23N3O4S. The van der Waals surface area contributed by atoms with Crippen LogP contribution in [0.2, 0.25) is 0 Å². The summed E-state index contributed by atoms with van der Waals surface area (Å²) in [5.41, 5.74) is 1.62. The van der Waals surface area contributed by atoms with Gasteiger partial charge in [-0.1, -0.05) is 24.3 Å². The predicted molar refractivity (Wildman–Crippen MR) is 124 cm³/mol. The lowest BCUT2D eigenvalue weighted by Gasteiger charge is -2.22. The number of rotatable bonds is 8. The molecule has 0 amide bonds. The standard InChI is InChI=1S/C24H23N3O4S/c1-30-21-8-4-3-6-17(21)13-27(14-18-7-5-11-32-18)15-22-25-20-12-16(24(29)31-2)9-10-19(20)23(28)26-22/h3-12H,13-15H2,1-2H3,(H,25,26,28). The summed E-state index contributed by atoms with van der Waals surface area (Å²) >= 11 is 1.68. The molecule has 0 radical (unpaired) electrons. The van der Waals surface area contributed by atoms with Crippen LogP contribution in [0.1, 0.15) is 26.6 Å². The second kappa shape index (κ2) is 9.76. The van der Waals surface area contributed by atoms with Crippen LogP contribution in [0.15, 0.2) is 64.8 Å². The van der Waals surface area contributed by atoms with Gasteiger partial charge < -0.3 is 14.5 Å². The zero-order valence-corrected chi connectivity index (χ0v) is 18.6. The molecule has 7 nitrogen and oxygen atoms in total. The molecule has 2 aromatic carbocycles. The Morgan fingerprint density at radius 2 is 1.91 bits per heavy atom. The van der Waals surface area contributed by atoms with Gasteiger partial charge in [-0.25, -0.2) is 9.78 Å². The number of hydrogen-bond donors (Lipinski definition) is 1. The molecule has 0 spiro atoms. The molecule has 0 unspecified atom stereocenters. The first-order chi connectivity index (χ1) is 15.6. The van der Waals surface area contributed by atoms with Gasteiger partial charge in [0.25, 0.3) is 5.56 Å². The van der Waals surface area contributed by atoms with Gasteiger partial charge in [0.1, 0.15) is 11.6 Å². The molecule has 0 aliphatic rings. The average molecular weight is 450 g/mol. The van der Waals surface area contributed by atoms with Crippen molar-refractivity contribution >= 4 is 28.2 Å². The first-order valence-corrected chi connectivity index (χ1v) is 10.9. The fourth-order valence-corrected chi connectivity index (χ4v) is 4.33. The van der Waals surface area contributed by atoms with Crippen molar-refractivity contribution in [1.82, 2.24) is 14.9 Å². The largest absolute Gasteiger partial charge is 0.496 e. The zero-order chi connectivity index (χ0) is 22.5. The highest BCUT2D eigenvalue weighted by molar-refractivity contribution is 7.09. The zero-order valence-electron chi connectivity index (χ0n) is 17.8. The Morgan fingerprint density at radius 1 is 1.06 bits per heavy atom. The number of H-pyrrole nitrogens is 1. The summed E-state index contributed by atoms with van der Waals surface area (Å²) < 4.78 is 10.3. The highest BCUT2D eigenvalue weighted by atomic mass is 32.1. The molecule has 0 fully saturated rings. The summed E-state index contributed by atoms with van der Waals surface area (Å²) in [4.78, 5) is 35.5. The predicted octanol–water partition coefficient (Wildman–Crippen LogP) is 3.98. The second-order valence-corrected chi connectivity index (χ2v) is 8.30. The highest BCUT2D eigenvalue weighted by Gasteiger charge is 2.15. The molecule has 164 valence electrons. The van der Waals surface area contributed by atoms with Crippen molar-refractivity contribution in [1.29, 1.82) is 0 Å². The highest BCUT2D eigenvalue weighted by Crippen LogP contribution is 2.22. The molecule has 0 aliphatic carbocycles. The minimum atomic E-state index is -0.467. The van der Waals surface area contributed by atoms with E-state index >= 15 is 0 Å². The fourth-order valence-electron chi connectivity index (χ4n) is 3.58. The lowest BCUT2D eigenvalue weighted by molar-refractivity contribution is 0.0601. The maximum atomic E-state index is 12.7. The fraction of sp³-hybridized carbons (Fsp3) is 0.208. The molecule has 0 bridgehead atoms. The minimum absolute atomic E-state index is 0.241. The number of methoxy groups -OCH3 is 2. The van der Waals surface area contributed by atoms with Crippen molar-refractivity contribution in [3.05, 3.63) is 92.2 Å². The van der Waals surface area contributed by atoms with Gasteiger partial charge >= 0.3 is 5.97 Å². The van der Waals surface area contributed by atoms with Crippen molar-refractivity contribution in [2.24, 2.45) is 0 Å². The van der Waals surface area contributed by atoms with E-state index in [0.29, 0.717) is 41.9 Å². The van der Waals surface area contributed by atoms with Crippen LogP contribution in [-0.4, -0.2) is 35.1 Å². The van der Waals surface area contributed by atoms with Gasteiger partial charge in [0.15, 0.2) is 0 Å². The van der Waals surface area contributed by atoms with Gasteiger partial charge in [0, 0.05) is 23.5 Å². The molecule has 8 heteroatoms. The van der Waals surface area contributed by atoms with Crippen molar-refractivity contribution in [3.8, 4) is 5.75 Å². The van der Waals surface area contributed by atoms with Crippen molar-refractivity contribution in [2.45, 2.75) is 19.6 Å². The summed E-state index contributed by atoms with van der Waals surface area (Å²) in [7, 11) is 2.98.